The van der Waals surface area contributed by atoms with E-state index in [1.807, 2.05) is 0 Å². The van der Waals surface area contributed by atoms with E-state index in [0.29, 0.717) is 0 Å². The Morgan fingerprint density at radius 1 is 1.55 bits per heavy atom. The molecule has 0 unspecified atom stereocenters. The van der Waals surface area contributed by atoms with Crippen molar-refractivity contribution in [2.75, 3.05) is 6.54 Å². The van der Waals surface area contributed by atoms with Crippen LogP contribution in [0.15, 0.2) is 24.9 Å². The largest absolute Gasteiger partial charge is 0.495 e. The quantitative estimate of drug-likeness (QED) is 0.616. The minimum atomic E-state index is -0.661. The van der Waals surface area contributed by atoms with Gasteiger partial charge < -0.3 is 10.4 Å². The van der Waals surface area contributed by atoms with E-state index in [1.165, 1.54) is 0 Å². The predicted molar refractivity (Wildman–Crippen MR) is 43.8 cm³/mol. The molecule has 0 spiro atoms. The third-order valence-electron chi connectivity index (χ3n) is 1.47. The number of rotatable bonds is 4. The molecule has 0 saturated carbocycles. The van der Waals surface area contributed by atoms with E-state index in [1.54, 1.807) is 13.8 Å². The highest BCUT2D eigenvalue weighted by Gasteiger charge is 2.21. The van der Waals surface area contributed by atoms with Crippen LogP contribution in [-0.4, -0.2) is 11.7 Å². The summed E-state index contributed by atoms with van der Waals surface area (Å²) in [7, 11) is 0. The van der Waals surface area contributed by atoms with Crippen molar-refractivity contribution in [1.82, 2.24) is 5.32 Å². The molecule has 64 valence electrons. The second kappa shape index (κ2) is 3.42. The van der Waals surface area contributed by atoms with Crippen molar-refractivity contribution in [2.24, 2.45) is 5.41 Å². The highest BCUT2D eigenvalue weighted by Crippen LogP contribution is 2.24. The molecule has 0 atom stereocenters. The van der Waals surface area contributed by atoms with Gasteiger partial charge in [0.25, 0.3) is 0 Å². The fraction of sp³-hybridized carbons (Fsp3) is 0.500. The number of aliphatic hydroxyl groups excluding tert-OH is 1. The third kappa shape index (κ3) is 3.65. The van der Waals surface area contributed by atoms with E-state index in [0.717, 1.165) is 0 Å². The average Bonchev–Trinajstić information content (AvgIpc) is 1.84. The zero-order valence-electron chi connectivity index (χ0n) is 6.95. The monoisotopic (exact) mass is 159 g/mol. The van der Waals surface area contributed by atoms with Gasteiger partial charge in [-0.1, -0.05) is 20.4 Å². The van der Waals surface area contributed by atoms with Crippen LogP contribution in [-0.2, 0) is 0 Å². The Kier molecular flexibility index (Phi) is 3.11. The van der Waals surface area contributed by atoms with Crippen molar-refractivity contribution in [3.63, 3.8) is 0 Å². The summed E-state index contributed by atoms with van der Waals surface area (Å²) >= 11 is 0. The molecule has 0 radical (unpaired) electrons. The zero-order valence-corrected chi connectivity index (χ0v) is 6.95. The first-order valence-corrected chi connectivity index (χ1v) is 3.33. The van der Waals surface area contributed by atoms with Crippen LogP contribution >= 0.6 is 0 Å². The summed E-state index contributed by atoms with van der Waals surface area (Å²) in [4.78, 5) is 0. The van der Waals surface area contributed by atoms with Gasteiger partial charge >= 0.3 is 0 Å². The topological polar surface area (TPSA) is 32.3 Å². The van der Waals surface area contributed by atoms with E-state index < -0.39 is 11.2 Å². The summed E-state index contributed by atoms with van der Waals surface area (Å²) in [6.07, 6.45) is 0. The molecular formula is C8H14FNO. The zero-order chi connectivity index (χ0) is 9.07. The van der Waals surface area contributed by atoms with Crippen LogP contribution in [0.25, 0.3) is 0 Å². The Hall–Kier alpha value is -0.990. The van der Waals surface area contributed by atoms with Gasteiger partial charge in [-0.25, -0.2) is 4.39 Å². The van der Waals surface area contributed by atoms with E-state index in [9.17, 15) is 4.39 Å². The molecule has 11 heavy (non-hydrogen) atoms. The van der Waals surface area contributed by atoms with Crippen LogP contribution < -0.4 is 5.32 Å². The lowest BCUT2D eigenvalue weighted by atomic mass is 9.92. The van der Waals surface area contributed by atoms with E-state index in [2.05, 4.69) is 18.5 Å². The molecule has 0 fully saturated rings. The van der Waals surface area contributed by atoms with Gasteiger partial charge in [0.2, 0.25) is 0 Å². The van der Waals surface area contributed by atoms with Crippen LogP contribution in [0.5, 0.6) is 0 Å². The fourth-order valence-corrected chi connectivity index (χ4v) is 0.419. The van der Waals surface area contributed by atoms with Gasteiger partial charge in [-0.2, -0.15) is 0 Å². The summed E-state index contributed by atoms with van der Waals surface area (Å²) in [6.45, 7) is 10.1. The summed E-state index contributed by atoms with van der Waals surface area (Å²) < 4.78 is 12.6. The van der Waals surface area contributed by atoms with Crippen LogP contribution in [0.1, 0.15) is 13.8 Å². The highest BCUT2D eigenvalue weighted by atomic mass is 19.1. The Morgan fingerprint density at radius 2 is 2.00 bits per heavy atom. The Morgan fingerprint density at radius 3 is 2.27 bits per heavy atom. The van der Waals surface area contributed by atoms with Crippen LogP contribution in [0.2, 0.25) is 0 Å². The minimum Gasteiger partial charge on any atom is -0.495 e. The van der Waals surface area contributed by atoms with Gasteiger partial charge in [0, 0.05) is 12.0 Å². The number of aliphatic hydroxyl groups is 1. The van der Waals surface area contributed by atoms with E-state index in [-0.39, 0.29) is 12.4 Å². The van der Waals surface area contributed by atoms with Crippen LogP contribution in [0.3, 0.4) is 0 Å². The average molecular weight is 159 g/mol. The summed E-state index contributed by atoms with van der Waals surface area (Å²) in [6, 6.07) is 0. The lowest BCUT2D eigenvalue weighted by Gasteiger charge is -2.22. The van der Waals surface area contributed by atoms with Crippen molar-refractivity contribution >= 4 is 0 Å². The van der Waals surface area contributed by atoms with Crippen LogP contribution in [0, 0.1) is 5.41 Å². The number of halogens is 1. The van der Waals surface area contributed by atoms with Crippen molar-refractivity contribution in [1.29, 1.82) is 0 Å². The maximum atomic E-state index is 12.6. The van der Waals surface area contributed by atoms with Crippen molar-refractivity contribution in [2.45, 2.75) is 13.8 Å². The van der Waals surface area contributed by atoms with Crippen molar-refractivity contribution in [3.05, 3.63) is 24.9 Å². The third-order valence-corrected chi connectivity index (χ3v) is 1.47. The van der Waals surface area contributed by atoms with Gasteiger partial charge in [-0.05, 0) is 6.58 Å². The van der Waals surface area contributed by atoms with Gasteiger partial charge in [0.1, 0.15) is 5.83 Å². The van der Waals surface area contributed by atoms with Crippen molar-refractivity contribution in [3.8, 4) is 0 Å². The molecule has 0 aliphatic heterocycles. The summed E-state index contributed by atoms with van der Waals surface area (Å²) in [5, 5.41) is 11.2. The lowest BCUT2D eigenvalue weighted by molar-refractivity contribution is 0.299. The van der Waals surface area contributed by atoms with Crippen molar-refractivity contribution < 1.29 is 9.50 Å². The molecule has 0 aliphatic carbocycles. The van der Waals surface area contributed by atoms with Gasteiger partial charge in [-0.15, -0.1) is 0 Å². The second-order valence-corrected chi connectivity index (χ2v) is 3.09. The Labute approximate surface area is 66.4 Å². The van der Waals surface area contributed by atoms with Gasteiger partial charge in [0.15, 0.2) is 5.88 Å². The molecule has 0 aliphatic rings. The standard InChI is InChI=1S/C8H14FNO/c1-6(9)8(3,4)5-10-7(2)11/h10-11H,1-2,5H2,3-4H3. The summed E-state index contributed by atoms with van der Waals surface area (Å²) in [5.74, 6) is -0.564. The number of hydrogen-bond donors (Lipinski definition) is 2. The fourth-order valence-electron chi connectivity index (χ4n) is 0.419. The van der Waals surface area contributed by atoms with Crippen LogP contribution in [0.4, 0.5) is 4.39 Å². The normalized spacial score (nSPS) is 10.8. The smallest absolute Gasteiger partial charge is 0.176 e. The molecule has 3 heteroatoms. The molecule has 2 nitrogen and oxygen atoms in total. The molecule has 0 aromatic rings. The van der Waals surface area contributed by atoms with E-state index in [4.69, 9.17) is 5.11 Å². The first-order chi connectivity index (χ1) is 4.86. The maximum absolute atomic E-state index is 12.6. The molecular weight excluding hydrogens is 145 g/mol. The molecule has 0 amide bonds. The molecule has 0 rings (SSSR count). The molecule has 0 saturated heterocycles. The predicted octanol–water partition coefficient (Wildman–Crippen LogP) is 2.11. The van der Waals surface area contributed by atoms with E-state index >= 15 is 0 Å². The Bertz CT molecular complexity index is 175. The second-order valence-electron chi connectivity index (χ2n) is 3.09. The first-order valence-electron chi connectivity index (χ1n) is 3.33. The number of hydrogen-bond acceptors (Lipinski definition) is 2. The molecule has 0 aromatic carbocycles. The molecule has 2 N–H and O–H groups in total. The molecule has 0 aromatic heterocycles. The highest BCUT2D eigenvalue weighted by molar-refractivity contribution is 4.99. The molecule has 0 heterocycles. The lowest BCUT2D eigenvalue weighted by Crippen LogP contribution is -2.28. The maximum Gasteiger partial charge on any atom is 0.176 e. The van der Waals surface area contributed by atoms with Gasteiger partial charge in [-0.3, -0.25) is 0 Å². The first kappa shape index (κ1) is 10.0. The Balaban J connectivity index is 3.92. The molecule has 0 bridgehead atoms. The minimum absolute atomic E-state index is 0.153. The SMILES string of the molecule is C=C(O)NCC(C)(C)C(=C)F. The van der Waals surface area contributed by atoms with Gasteiger partial charge in [0.05, 0.1) is 0 Å². The summed E-state index contributed by atoms with van der Waals surface area (Å²) in [5.41, 5.74) is -0.661. The number of nitrogens with one attached hydrogen (secondary N) is 1.